The average molecular weight is 255 g/mol. The predicted octanol–water partition coefficient (Wildman–Crippen LogP) is 4.30. The zero-order valence-electron chi connectivity index (χ0n) is 8.28. The Morgan fingerprint density at radius 3 is 2.47 bits per heavy atom. The summed E-state index contributed by atoms with van der Waals surface area (Å²) in [6, 6.07) is 1.47. The summed E-state index contributed by atoms with van der Waals surface area (Å²) in [6.07, 6.45) is 0. The number of ether oxygens (including phenoxy) is 1. The van der Waals surface area contributed by atoms with Gasteiger partial charge in [0, 0.05) is 10.6 Å². The van der Waals surface area contributed by atoms with Crippen LogP contribution in [0.25, 0.3) is 0 Å². The molecule has 0 aromatic heterocycles. The molecule has 0 aliphatic rings. The number of benzene rings is 1. The van der Waals surface area contributed by atoms with Crippen LogP contribution in [-0.4, -0.2) is 6.61 Å². The third kappa shape index (κ3) is 2.73. The number of alkyl halides is 3. The van der Waals surface area contributed by atoms with E-state index < -0.39 is 6.61 Å². The largest absolute Gasteiger partial charge is 0.434 e. The number of rotatable bonds is 3. The molecule has 0 N–H and O–H groups in total. The summed E-state index contributed by atoms with van der Waals surface area (Å²) in [6.45, 7) is 0.601. The summed E-state index contributed by atoms with van der Waals surface area (Å²) in [7, 11) is 0. The van der Waals surface area contributed by atoms with Crippen LogP contribution in [-0.2, 0) is 5.88 Å². The summed E-state index contributed by atoms with van der Waals surface area (Å²) in [4.78, 5) is 0. The number of hydrogen-bond acceptors (Lipinski definition) is 1. The highest BCUT2D eigenvalue weighted by Gasteiger charge is 2.15. The Labute approximate surface area is 96.9 Å². The van der Waals surface area contributed by atoms with Gasteiger partial charge in [-0.1, -0.05) is 11.6 Å². The van der Waals surface area contributed by atoms with Crippen molar-refractivity contribution < 1.29 is 13.5 Å². The standard InChI is InChI=1S/C10H10Cl2F2O/c1-5-3-8(15-10(13)14)7(4-11)6(2)9(5)12/h3,10H,4H2,1-2H3. The molecule has 0 fully saturated rings. The van der Waals surface area contributed by atoms with Gasteiger partial charge in [0.2, 0.25) is 0 Å². The molecule has 0 saturated carbocycles. The fourth-order valence-electron chi connectivity index (χ4n) is 1.33. The van der Waals surface area contributed by atoms with Crippen molar-refractivity contribution in [2.75, 3.05) is 0 Å². The Morgan fingerprint density at radius 2 is 2.00 bits per heavy atom. The van der Waals surface area contributed by atoms with Gasteiger partial charge >= 0.3 is 6.61 Å². The lowest BCUT2D eigenvalue weighted by molar-refractivity contribution is -0.0503. The smallest absolute Gasteiger partial charge is 0.387 e. The minimum Gasteiger partial charge on any atom is -0.434 e. The first kappa shape index (κ1) is 12.5. The maximum Gasteiger partial charge on any atom is 0.387 e. The topological polar surface area (TPSA) is 9.23 Å². The van der Waals surface area contributed by atoms with Crippen molar-refractivity contribution in [3.05, 3.63) is 27.8 Å². The summed E-state index contributed by atoms with van der Waals surface area (Å²) >= 11 is 11.6. The molecule has 84 valence electrons. The van der Waals surface area contributed by atoms with Crippen molar-refractivity contribution in [2.24, 2.45) is 0 Å². The summed E-state index contributed by atoms with van der Waals surface area (Å²) in [5.41, 5.74) is 1.88. The maximum atomic E-state index is 12.1. The lowest BCUT2D eigenvalue weighted by atomic mass is 10.1. The first-order chi connectivity index (χ1) is 6.97. The second-order valence-corrected chi connectivity index (χ2v) is 3.77. The highest BCUT2D eigenvalue weighted by molar-refractivity contribution is 6.32. The SMILES string of the molecule is Cc1cc(OC(F)F)c(CCl)c(C)c1Cl. The van der Waals surface area contributed by atoms with Crippen LogP contribution >= 0.6 is 23.2 Å². The zero-order valence-corrected chi connectivity index (χ0v) is 9.79. The van der Waals surface area contributed by atoms with Crippen LogP contribution in [0.2, 0.25) is 5.02 Å². The molecular formula is C10H10Cl2F2O. The van der Waals surface area contributed by atoms with E-state index in [4.69, 9.17) is 23.2 Å². The molecule has 1 aromatic carbocycles. The molecule has 0 radical (unpaired) electrons. The van der Waals surface area contributed by atoms with Gasteiger partial charge in [0.15, 0.2) is 0 Å². The first-order valence-electron chi connectivity index (χ1n) is 4.26. The summed E-state index contributed by atoms with van der Waals surface area (Å²) < 4.78 is 28.6. The van der Waals surface area contributed by atoms with E-state index in [9.17, 15) is 8.78 Å². The van der Waals surface area contributed by atoms with Crippen molar-refractivity contribution in [2.45, 2.75) is 26.3 Å². The normalized spacial score (nSPS) is 10.9. The molecule has 15 heavy (non-hydrogen) atoms. The Kier molecular flexibility index (Phi) is 4.17. The molecule has 0 spiro atoms. The fraction of sp³-hybridized carbons (Fsp3) is 0.400. The predicted molar refractivity (Wildman–Crippen MR) is 57.1 cm³/mol. The van der Waals surface area contributed by atoms with E-state index in [2.05, 4.69) is 4.74 Å². The summed E-state index contributed by atoms with van der Waals surface area (Å²) in [5.74, 6) is 0.188. The molecule has 0 heterocycles. The van der Waals surface area contributed by atoms with Gasteiger partial charge in [0.25, 0.3) is 0 Å². The van der Waals surface area contributed by atoms with E-state index in [1.54, 1.807) is 13.8 Å². The number of hydrogen-bond donors (Lipinski definition) is 0. The summed E-state index contributed by atoms with van der Waals surface area (Å²) in [5, 5.41) is 0.535. The Hall–Kier alpha value is -0.540. The van der Waals surface area contributed by atoms with Gasteiger partial charge in [-0.05, 0) is 31.0 Å². The molecule has 0 aliphatic carbocycles. The minimum absolute atomic E-state index is 0.0912. The highest BCUT2D eigenvalue weighted by atomic mass is 35.5. The number of halogens is 4. The van der Waals surface area contributed by atoms with Gasteiger partial charge in [0.05, 0.1) is 5.88 Å². The van der Waals surface area contributed by atoms with Crippen LogP contribution in [0.3, 0.4) is 0 Å². The maximum absolute atomic E-state index is 12.1. The van der Waals surface area contributed by atoms with Crippen LogP contribution in [0.15, 0.2) is 6.07 Å². The molecule has 0 amide bonds. The Bertz CT molecular complexity index is 367. The van der Waals surface area contributed by atoms with E-state index in [-0.39, 0.29) is 11.6 Å². The lowest BCUT2D eigenvalue weighted by Crippen LogP contribution is -2.05. The van der Waals surface area contributed by atoms with Crippen molar-refractivity contribution in [1.82, 2.24) is 0 Å². The van der Waals surface area contributed by atoms with Crippen molar-refractivity contribution in [1.29, 1.82) is 0 Å². The Balaban J connectivity index is 3.25. The fourth-order valence-corrected chi connectivity index (χ4v) is 1.83. The van der Waals surface area contributed by atoms with Gasteiger partial charge in [-0.25, -0.2) is 0 Å². The molecule has 5 heteroatoms. The van der Waals surface area contributed by atoms with Crippen LogP contribution in [0.4, 0.5) is 8.78 Å². The quantitative estimate of drug-likeness (QED) is 0.732. The number of aryl methyl sites for hydroxylation is 1. The zero-order chi connectivity index (χ0) is 11.6. The minimum atomic E-state index is -2.85. The van der Waals surface area contributed by atoms with E-state index in [0.29, 0.717) is 21.7 Å². The van der Waals surface area contributed by atoms with E-state index in [1.807, 2.05) is 0 Å². The molecule has 1 nitrogen and oxygen atoms in total. The molecule has 0 bridgehead atoms. The Morgan fingerprint density at radius 1 is 1.40 bits per heavy atom. The van der Waals surface area contributed by atoms with Crippen LogP contribution < -0.4 is 4.74 Å². The van der Waals surface area contributed by atoms with Gasteiger partial charge in [-0.3, -0.25) is 0 Å². The van der Waals surface area contributed by atoms with Crippen molar-refractivity contribution in [3.8, 4) is 5.75 Å². The molecule has 0 unspecified atom stereocenters. The monoisotopic (exact) mass is 254 g/mol. The van der Waals surface area contributed by atoms with Gasteiger partial charge in [-0.15, -0.1) is 11.6 Å². The first-order valence-corrected chi connectivity index (χ1v) is 5.18. The van der Waals surface area contributed by atoms with E-state index in [1.165, 1.54) is 6.07 Å². The molecule has 0 saturated heterocycles. The van der Waals surface area contributed by atoms with Crippen LogP contribution in [0, 0.1) is 13.8 Å². The molecule has 0 atom stereocenters. The van der Waals surface area contributed by atoms with Crippen molar-refractivity contribution in [3.63, 3.8) is 0 Å². The van der Waals surface area contributed by atoms with E-state index in [0.717, 1.165) is 0 Å². The second-order valence-electron chi connectivity index (χ2n) is 3.12. The molecule has 1 aromatic rings. The second kappa shape index (κ2) is 4.99. The molecular weight excluding hydrogens is 245 g/mol. The van der Waals surface area contributed by atoms with Gasteiger partial charge in [0.1, 0.15) is 5.75 Å². The highest BCUT2D eigenvalue weighted by Crippen LogP contribution is 2.33. The van der Waals surface area contributed by atoms with Crippen LogP contribution in [0.5, 0.6) is 5.75 Å². The van der Waals surface area contributed by atoms with Crippen molar-refractivity contribution >= 4 is 23.2 Å². The molecule has 0 aliphatic heterocycles. The third-order valence-corrected chi connectivity index (χ3v) is 2.97. The van der Waals surface area contributed by atoms with Gasteiger partial charge in [-0.2, -0.15) is 8.78 Å². The van der Waals surface area contributed by atoms with E-state index >= 15 is 0 Å². The van der Waals surface area contributed by atoms with Gasteiger partial charge < -0.3 is 4.74 Å². The lowest BCUT2D eigenvalue weighted by Gasteiger charge is -2.14. The molecule has 1 rings (SSSR count). The third-order valence-electron chi connectivity index (χ3n) is 2.12. The van der Waals surface area contributed by atoms with Crippen LogP contribution in [0.1, 0.15) is 16.7 Å². The average Bonchev–Trinajstić information content (AvgIpc) is 2.14.